The third-order valence-electron chi connectivity index (χ3n) is 19.2. The summed E-state index contributed by atoms with van der Waals surface area (Å²) in [5.74, 6) is 0. The van der Waals surface area contributed by atoms with E-state index in [-0.39, 0.29) is 21.7 Å². The molecule has 0 unspecified atom stereocenters. The van der Waals surface area contributed by atoms with E-state index in [1.54, 1.807) is 0 Å². The van der Waals surface area contributed by atoms with Crippen LogP contribution in [0.4, 0.5) is 34.1 Å². The van der Waals surface area contributed by atoms with E-state index < -0.39 is 0 Å². The number of anilines is 6. The number of aromatic nitrogens is 2. The lowest BCUT2D eigenvalue weighted by Crippen LogP contribution is -2.15. The highest BCUT2D eigenvalue weighted by Crippen LogP contribution is 2.54. The van der Waals surface area contributed by atoms with Crippen LogP contribution in [-0.2, 0) is 21.7 Å². The summed E-state index contributed by atoms with van der Waals surface area (Å²) in [6.07, 6.45) is 0. The summed E-state index contributed by atoms with van der Waals surface area (Å²) in [4.78, 5) is 5.08. The molecule has 0 spiro atoms. The average molecular weight is 1140 g/mol. The molecule has 0 saturated heterocycles. The number of para-hydroxylation sites is 2. The van der Waals surface area contributed by atoms with E-state index in [0.29, 0.717) is 0 Å². The Morgan fingerprint density at radius 1 is 0.273 bits per heavy atom. The van der Waals surface area contributed by atoms with E-state index in [2.05, 4.69) is 334 Å². The first-order valence-corrected chi connectivity index (χ1v) is 31.6. The smallest absolute Gasteiger partial charge is 0.0641 e. The van der Waals surface area contributed by atoms with Gasteiger partial charge in [-0.05, 0) is 154 Å². The molecule has 4 aromatic heterocycles. The zero-order chi connectivity index (χ0) is 61.1. The molecular formula is C84H78N4. The van der Waals surface area contributed by atoms with Crippen LogP contribution in [0.15, 0.2) is 218 Å². The quantitative estimate of drug-likeness (QED) is 0.151. The van der Waals surface area contributed by atoms with Crippen LogP contribution in [-0.4, -0.2) is 8.80 Å². The molecule has 88 heavy (non-hydrogen) atoms. The predicted molar refractivity (Wildman–Crippen MR) is 380 cm³/mol. The van der Waals surface area contributed by atoms with Gasteiger partial charge >= 0.3 is 0 Å². The van der Waals surface area contributed by atoms with Crippen molar-refractivity contribution in [3.8, 4) is 22.3 Å². The number of nitrogens with zero attached hydrogens (tertiary/aromatic N) is 4. The highest BCUT2D eigenvalue weighted by Gasteiger charge is 2.31. The summed E-state index contributed by atoms with van der Waals surface area (Å²) in [5.41, 5.74) is 26.7. The third-order valence-corrected chi connectivity index (χ3v) is 19.2. The van der Waals surface area contributed by atoms with E-state index in [1.807, 2.05) is 0 Å². The molecule has 0 N–H and O–H groups in total. The number of hydrogen-bond acceptors (Lipinski definition) is 2. The van der Waals surface area contributed by atoms with Gasteiger partial charge in [-0.25, -0.2) is 0 Å². The van der Waals surface area contributed by atoms with E-state index >= 15 is 0 Å². The van der Waals surface area contributed by atoms with Crippen molar-refractivity contribution in [2.45, 2.75) is 119 Å². The lowest BCUT2D eigenvalue weighted by molar-refractivity contribution is 0.589. The molecule has 0 saturated carbocycles. The van der Waals surface area contributed by atoms with Crippen LogP contribution in [0.3, 0.4) is 0 Å². The van der Waals surface area contributed by atoms with Gasteiger partial charge in [-0.1, -0.05) is 228 Å². The second-order valence-electron chi connectivity index (χ2n) is 29.3. The molecule has 434 valence electrons. The molecule has 4 heteroatoms. The van der Waals surface area contributed by atoms with Crippen molar-refractivity contribution in [1.29, 1.82) is 0 Å². The van der Waals surface area contributed by atoms with E-state index in [0.717, 1.165) is 34.1 Å². The average Bonchev–Trinajstić information content (AvgIpc) is 1.54. The first-order chi connectivity index (χ1) is 42.0. The molecule has 0 amide bonds. The van der Waals surface area contributed by atoms with Crippen molar-refractivity contribution in [2.24, 2.45) is 0 Å². The molecule has 15 aromatic rings. The largest absolute Gasteiger partial charge is 0.309 e. The first-order valence-electron chi connectivity index (χ1n) is 31.6. The van der Waals surface area contributed by atoms with Crippen molar-refractivity contribution < 1.29 is 0 Å². The summed E-state index contributed by atoms with van der Waals surface area (Å²) in [5, 5.41) is 9.94. The van der Waals surface area contributed by atoms with Crippen molar-refractivity contribution in [3.63, 3.8) is 0 Å². The van der Waals surface area contributed by atoms with E-state index in [4.69, 9.17) is 0 Å². The van der Waals surface area contributed by atoms with Gasteiger partial charge in [0.15, 0.2) is 0 Å². The molecule has 0 aliphatic carbocycles. The SMILES string of the molecule is Cc1ccc(N(c2ccc(C(C)(C)C)cc2-c2ccc(C(C)(C)C)cc2)c2ccc3c4cc5c(cc4n4c6ccccc6c2c34)c2ccc(N(c3ccc(C)cc3)c3ccc(C(C)(C)C)cc3-c3ccc(C(C)(C)C)cc3)c3c4ccccc4n5c23)cc1. The van der Waals surface area contributed by atoms with Gasteiger partial charge in [0, 0.05) is 65.6 Å². The van der Waals surface area contributed by atoms with Crippen LogP contribution < -0.4 is 9.80 Å². The molecule has 11 aromatic carbocycles. The molecule has 0 radical (unpaired) electrons. The monoisotopic (exact) mass is 1140 g/mol. The maximum absolute atomic E-state index is 2.58. The highest BCUT2D eigenvalue weighted by molar-refractivity contribution is 6.32. The number of hydrogen-bond donors (Lipinski definition) is 0. The van der Waals surface area contributed by atoms with Gasteiger partial charge in [0.2, 0.25) is 0 Å². The molecule has 4 heterocycles. The van der Waals surface area contributed by atoms with Gasteiger partial charge in [-0.2, -0.15) is 0 Å². The van der Waals surface area contributed by atoms with Crippen molar-refractivity contribution in [3.05, 3.63) is 252 Å². The predicted octanol–water partition coefficient (Wildman–Crippen LogP) is 24.1. The van der Waals surface area contributed by atoms with Crippen LogP contribution in [0.1, 0.15) is 116 Å². The number of fused-ring (bicyclic) bond motifs is 12. The second-order valence-corrected chi connectivity index (χ2v) is 29.3. The van der Waals surface area contributed by atoms with Crippen LogP contribution in [0.25, 0.3) is 98.4 Å². The summed E-state index contributed by atoms with van der Waals surface area (Å²) in [6.45, 7) is 32.1. The standard InChI is InChI=1S/C84H78N4/c1-51-23-37-59(38-24-51)85(71-43-35-57(83(9,10)11)47-65(71)53-27-31-55(32-28-53)81(3,4)5)73-45-41-61-67-49-76-68(50-75(67)87-69-21-17-15-19-63(69)77(73)79(61)87)62-42-46-74(78-64-20-16-18-22-70(64)88(76)80(62)78)86(60-39-25-52(2)26-40-60)72-44-36-58(84(12,13)14)48-66(72)54-29-33-56(34-30-54)82(6,7)8/h15-50H,1-14H3. The molecule has 0 aliphatic heterocycles. The summed E-state index contributed by atoms with van der Waals surface area (Å²) in [7, 11) is 0. The van der Waals surface area contributed by atoms with Crippen LogP contribution in [0, 0.1) is 13.8 Å². The minimum atomic E-state index is -0.0491. The first kappa shape index (κ1) is 55.2. The van der Waals surface area contributed by atoms with Gasteiger partial charge in [0.25, 0.3) is 0 Å². The Bertz CT molecular complexity index is 4890. The number of rotatable bonds is 8. The normalized spacial score (nSPS) is 12.9. The zero-order valence-corrected chi connectivity index (χ0v) is 53.6. The van der Waals surface area contributed by atoms with Gasteiger partial charge in [0.1, 0.15) is 0 Å². The molecule has 0 aliphatic rings. The molecule has 0 bridgehead atoms. The van der Waals surface area contributed by atoms with Gasteiger partial charge in [-0.15, -0.1) is 0 Å². The molecule has 0 fully saturated rings. The van der Waals surface area contributed by atoms with Gasteiger partial charge in [-0.3, -0.25) is 0 Å². The molecule has 4 nitrogen and oxygen atoms in total. The Kier molecular flexibility index (Phi) is 12.3. The van der Waals surface area contributed by atoms with Crippen molar-refractivity contribution in [1.82, 2.24) is 8.80 Å². The Labute approximate surface area is 518 Å². The summed E-state index contributed by atoms with van der Waals surface area (Å²) >= 11 is 0. The van der Waals surface area contributed by atoms with Gasteiger partial charge < -0.3 is 18.6 Å². The van der Waals surface area contributed by atoms with Gasteiger partial charge in [0.05, 0.1) is 55.8 Å². The fourth-order valence-corrected chi connectivity index (χ4v) is 14.2. The fourth-order valence-electron chi connectivity index (χ4n) is 14.2. The molecular weight excluding hydrogens is 1060 g/mol. The maximum atomic E-state index is 2.58. The lowest BCUT2D eigenvalue weighted by atomic mass is 9.83. The molecule has 15 rings (SSSR count). The number of aryl methyl sites for hydroxylation is 2. The van der Waals surface area contributed by atoms with E-state index in [1.165, 1.54) is 132 Å². The Balaban J connectivity index is 0.983. The van der Waals surface area contributed by atoms with Crippen LogP contribution in [0.2, 0.25) is 0 Å². The zero-order valence-electron chi connectivity index (χ0n) is 53.6. The second kappa shape index (κ2) is 19.6. The van der Waals surface area contributed by atoms with Crippen molar-refractivity contribution in [2.75, 3.05) is 9.80 Å². The molecule has 0 atom stereocenters. The highest BCUT2D eigenvalue weighted by atomic mass is 15.2. The third kappa shape index (κ3) is 8.68. The summed E-state index contributed by atoms with van der Waals surface area (Å²) in [6, 6.07) is 84.1. The van der Waals surface area contributed by atoms with Crippen molar-refractivity contribution >= 4 is 110 Å². The lowest BCUT2D eigenvalue weighted by Gasteiger charge is -2.30. The fraction of sp³-hybridized carbons (Fsp3) is 0.214. The van der Waals surface area contributed by atoms with E-state index in [9.17, 15) is 0 Å². The Morgan fingerprint density at radius 3 is 0.955 bits per heavy atom. The summed E-state index contributed by atoms with van der Waals surface area (Å²) < 4.78 is 5.16. The topological polar surface area (TPSA) is 15.3 Å². The minimum Gasteiger partial charge on any atom is -0.309 e. The Hall–Kier alpha value is -9.38. The number of benzene rings is 11. The Morgan fingerprint density at radius 2 is 0.602 bits per heavy atom. The maximum Gasteiger partial charge on any atom is 0.0641 e. The minimum absolute atomic E-state index is 0.0396. The van der Waals surface area contributed by atoms with Crippen LogP contribution >= 0.6 is 0 Å². The van der Waals surface area contributed by atoms with Crippen LogP contribution in [0.5, 0.6) is 0 Å².